The molecule has 0 saturated heterocycles. The molecule has 1 aromatic rings. The lowest BCUT2D eigenvalue weighted by Crippen LogP contribution is -2.37. The normalized spacial score (nSPS) is 13.5. The molecule has 0 spiro atoms. The molecule has 19 heavy (non-hydrogen) atoms. The van der Waals surface area contributed by atoms with Crippen LogP contribution in [0.5, 0.6) is 0 Å². The minimum atomic E-state index is -1.06. The van der Waals surface area contributed by atoms with E-state index >= 15 is 0 Å². The molecule has 0 radical (unpaired) electrons. The maximum Gasteiger partial charge on any atom is 0.371 e. The lowest BCUT2D eigenvalue weighted by molar-refractivity contribution is 0.0659. The third-order valence-electron chi connectivity index (χ3n) is 3.88. The van der Waals surface area contributed by atoms with Crippen molar-refractivity contribution in [3.63, 3.8) is 0 Å². The number of carboxylic acids is 1. The van der Waals surface area contributed by atoms with Crippen LogP contribution in [-0.2, 0) is 0 Å². The van der Waals surface area contributed by atoms with Gasteiger partial charge < -0.3 is 19.9 Å². The molecule has 0 amide bonds. The summed E-state index contributed by atoms with van der Waals surface area (Å²) in [7, 11) is 0. The number of nitrogens with one attached hydrogen (secondary N) is 1. The molecule has 1 aromatic heterocycles. The van der Waals surface area contributed by atoms with Crippen LogP contribution in [0.3, 0.4) is 0 Å². The number of carbonyl (C=O) groups is 1. The Balaban J connectivity index is 2.63. The third-order valence-corrected chi connectivity index (χ3v) is 3.88. The van der Waals surface area contributed by atoms with Gasteiger partial charge in [0.15, 0.2) is 0 Å². The molecule has 5 nitrogen and oxygen atoms in total. The van der Waals surface area contributed by atoms with Crippen molar-refractivity contribution in [2.24, 2.45) is 5.41 Å². The second-order valence-electron chi connectivity index (χ2n) is 4.97. The molecule has 108 valence electrons. The van der Waals surface area contributed by atoms with Crippen LogP contribution in [0.25, 0.3) is 0 Å². The first kappa shape index (κ1) is 15.7. The van der Waals surface area contributed by atoms with Crippen LogP contribution < -0.4 is 5.32 Å². The first-order chi connectivity index (χ1) is 8.98. The van der Waals surface area contributed by atoms with Crippen molar-refractivity contribution in [3.8, 4) is 0 Å². The molecule has 0 aliphatic carbocycles. The van der Waals surface area contributed by atoms with E-state index in [-0.39, 0.29) is 23.8 Å². The summed E-state index contributed by atoms with van der Waals surface area (Å²) in [5.74, 6) is -0.523. The van der Waals surface area contributed by atoms with Crippen molar-refractivity contribution < 1.29 is 19.4 Å². The zero-order chi connectivity index (χ0) is 14.5. The molecular formula is C14H23NO4. The van der Waals surface area contributed by atoms with Gasteiger partial charge in [0, 0.05) is 18.6 Å². The average molecular weight is 269 g/mol. The highest BCUT2D eigenvalue weighted by Crippen LogP contribution is 2.26. The van der Waals surface area contributed by atoms with Crippen LogP contribution in [0.2, 0.25) is 0 Å². The lowest BCUT2D eigenvalue weighted by atomic mass is 9.83. The van der Waals surface area contributed by atoms with E-state index in [1.165, 1.54) is 6.07 Å². The van der Waals surface area contributed by atoms with Crippen LogP contribution in [0.15, 0.2) is 16.5 Å². The largest absolute Gasteiger partial charge is 0.475 e. The topological polar surface area (TPSA) is 82.7 Å². The van der Waals surface area contributed by atoms with Gasteiger partial charge >= 0.3 is 5.97 Å². The Morgan fingerprint density at radius 1 is 1.42 bits per heavy atom. The van der Waals surface area contributed by atoms with Crippen molar-refractivity contribution in [1.82, 2.24) is 5.32 Å². The van der Waals surface area contributed by atoms with Crippen LogP contribution in [0.4, 0.5) is 0 Å². The van der Waals surface area contributed by atoms with E-state index in [0.717, 1.165) is 12.8 Å². The third kappa shape index (κ3) is 3.81. The quantitative estimate of drug-likeness (QED) is 0.675. The zero-order valence-electron chi connectivity index (χ0n) is 11.8. The fraction of sp³-hybridized carbons (Fsp3) is 0.643. The van der Waals surface area contributed by atoms with Gasteiger partial charge in [0.2, 0.25) is 5.76 Å². The molecule has 0 aromatic carbocycles. The summed E-state index contributed by atoms with van der Waals surface area (Å²) < 4.78 is 5.25. The van der Waals surface area contributed by atoms with Gasteiger partial charge in [-0.2, -0.15) is 0 Å². The molecule has 1 unspecified atom stereocenters. The Labute approximate surface area is 113 Å². The van der Waals surface area contributed by atoms with Crippen molar-refractivity contribution in [3.05, 3.63) is 23.7 Å². The first-order valence-electron chi connectivity index (χ1n) is 6.65. The van der Waals surface area contributed by atoms with Crippen molar-refractivity contribution in [2.45, 2.75) is 39.7 Å². The van der Waals surface area contributed by atoms with Gasteiger partial charge in [0.05, 0.1) is 6.04 Å². The number of hydrogen-bond acceptors (Lipinski definition) is 4. The van der Waals surface area contributed by atoms with Gasteiger partial charge in [-0.3, -0.25) is 0 Å². The van der Waals surface area contributed by atoms with E-state index in [9.17, 15) is 9.90 Å². The molecule has 0 aliphatic rings. The number of furan rings is 1. The predicted molar refractivity (Wildman–Crippen MR) is 72.2 cm³/mol. The fourth-order valence-electron chi connectivity index (χ4n) is 1.95. The van der Waals surface area contributed by atoms with E-state index in [1.54, 1.807) is 6.07 Å². The molecule has 1 atom stereocenters. The summed E-state index contributed by atoms with van der Waals surface area (Å²) in [6.07, 6.45) is 1.77. The Kier molecular flexibility index (Phi) is 5.57. The molecule has 1 heterocycles. The molecule has 0 saturated carbocycles. The summed E-state index contributed by atoms with van der Waals surface area (Å²) in [6.45, 7) is 6.83. The average Bonchev–Trinajstić information content (AvgIpc) is 2.90. The second kappa shape index (κ2) is 6.73. The fourth-order valence-corrected chi connectivity index (χ4v) is 1.95. The number of aliphatic hydroxyl groups excluding tert-OH is 1. The molecular weight excluding hydrogens is 246 g/mol. The van der Waals surface area contributed by atoms with Crippen LogP contribution in [0.1, 0.15) is 56.0 Å². The van der Waals surface area contributed by atoms with E-state index in [1.807, 2.05) is 6.92 Å². The Morgan fingerprint density at radius 3 is 2.47 bits per heavy atom. The monoisotopic (exact) mass is 269 g/mol. The van der Waals surface area contributed by atoms with E-state index in [4.69, 9.17) is 9.52 Å². The Hall–Kier alpha value is -1.33. The van der Waals surface area contributed by atoms with Crippen molar-refractivity contribution in [2.75, 3.05) is 13.2 Å². The molecule has 5 heteroatoms. The summed E-state index contributed by atoms with van der Waals surface area (Å²) in [6, 6.07) is 3.03. The number of aromatic carboxylic acids is 1. The molecule has 0 bridgehead atoms. The minimum absolute atomic E-state index is 0.0527. The Bertz CT molecular complexity index is 401. The smallest absolute Gasteiger partial charge is 0.371 e. The summed E-state index contributed by atoms with van der Waals surface area (Å²) in [4.78, 5) is 10.7. The number of carboxylic acid groups (broad SMARTS) is 1. The van der Waals surface area contributed by atoms with Gasteiger partial charge in [0.25, 0.3) is 0 Å². The summed E-state index contributed by atoms with van der Waals surface area (Å²) in [5, 5.41) is 21.6. The highest BCUT2D eigenvalue weighted by Gasteiger charge is 2.26. The van der Waals surface area contributed by atoms with Crippen LogP contribution in [0, 0.1) is 5.41 Å². The molecule has 0 aliphatic heterocycles. The Morgan fingerprint density at radius 2 is 2.05 bits per heavy atom. The predicted octanol–water partition coefficient (Wildman–Crippen LogP) is 2.43. The van der Waals surface area contributed by atoms with E-state index in [2.05, 4.69) is 19.2 Å². The molecule has 3 N–H and O–H groups in total. The number of aliphatic hydroxyl groups is 1. The standard InChI is InChI=1S/C14H23NO4/c1-4-14(5-2,9-16)8-15-10(3)11-6-7-12(19-11)13(17)18/h6-7,10,15-16H,4-5,8-9H2,1-3H3,(H,17,18). The molecule has 0 fully saturated rings. The van der Waals surface area contributed by atoms with Crippen LogP contribution in [-0.4, -0.2) is 29.3 Å². The van der Waals surface area contributed by atoms with Gasteiger partial charge in [-0.05, 0) is 31.9 Å². The van der Waals surface area contributed by atoms with Gasteiger partial charge in [-0.15, -0.1) is 0 Å². The second-order valence-corrected chi connectivity index (χ2v) is 4.97. The number of rotatable bonds is 8. The highest BCUT2D eigenvalue weighted by atomic mass is 16.4. The first-order valence-corrected chi connectivity index (χ1v) is 6.65. The summed E-state index contributed by atoms with van der Waals surface area (Å²) >= 11 is 0. The van der Waals surface area contributed by atoms with E-state index in [0.29, 0.717) is 12.3 Å². The lowest BCUT2D eigenvalue weighted by Gasteiger charge is -2.30. The summed E-state index contributed by atoms with van der Waals surface area (Å²) in [5.41, 5.74) is -0.128. The van der Waals surface area contributed by atoms with Crippen LogP contribution >= 0.6 is 0 Å². The van der Waals surface area contributed by atoms with Gasteiger partial charge in [0.1, 0.15) is 5.76 Å². The van der Waals surface area contributed by atoms with Crippen molar-refractivity contribution >= 4 is 5.97 Å². The maximum atomic E-state index is 10.7. The zero-order valence-corrected chi connectivity index (χ0v) is 11.8. The highest BCUT2D eigenvalue weighted by molar-refractivity contribution is 5.84. The number of hydrogen-bond donors (Lipinski definition) is 3. The SMILES string of the molecule is CCC(CC)(CO)CNC(C)c1ccc(C(=O)O)o1. The molecule has 1 rings (SSSR count). The van der Waals surface area contributed by atoms with E-state index < -0.39 is 5.97 Å². The van der Waals surface area contributed by atoms with Gasteiger partial charge in [-0.1, -0.05) is 13.8 Å². The van der Waals surface area contributed by atoms with Gasteiger partial charge in [-0.25, -0.2) is 4.79 Å². The minimum Gasteiger partial charge on any atom is -0.475 e. The van der Waals surface area contributed by atoms with Crippen molar-refractivity contribution in [1.29, 1.82) is 0 Å². The maximum absolute atomic E-state index is 10.7.